The molecule has 4 aromatic carbocycles. The Morgan fingerprint density at radius 2 is 1.00 bits per heavy atom. The van der Waals surface area contributed by atoms with Crippen LogP contribution in [-0.4, -0.2) is 22.5 Å². The molecule has 6 rings (SSSR count). The quantitative estimate of drug-likeness (QED) is 0.157. The van der Waals surface area contributed by atoms with E-state index in [0.29, 0.717) is 0 Å². The Morgan fingerprint density at radius 1 is 0.524 bits per heavy atom. The zero-order valence-electron chi connectivity index (χ0n) is 25.2. The molecule has 0 spiro atoms. The van der Waals surface area contributed by atoms with E-state index in [1.807, 2.05) is 0 Å². The SMILES string of the molecule is c1ccc(CCN(Cc2ccccc2P(c2ccccc2)c2ccccc2)P(C2CCCCC2)C2CCCCC2)cc1. The first-order valence-corrected chi connectivity index (χ1v) is 19.2. The van der Waals surface area contributed by atoms with Gasteiger partial charge >= 0.3 is 0 Å². The largest absolute Gasteiger partial charge is 0.277 e. The Hall–Kier alpha value is -2.30. The van der Waals surface area contributed by atoms with Gasteiger partial charge in [-0.05, 0) is 86.5 Å². The lowest BCUT2D eigenvalue weighted by molar-refractivity contribution is 0.407. The normalized spacial score (nSPS) is 16.8. The highest BCUT2D eigenvalue weighted by atomic mass is 31.1. The Balaban J connectivity index is 1.38. The summed E-state index contributed by atoms with van der Waals surface area (Å²) >= 11 is 0. The van der Waals surface area contributed by atoms with Crippen molar-refractivity contribution < 1.29 is 0 Å². The standard InChI is InChI=1S/C39H47NP2/c1-6-18-33(19-7-1)30-31-40(42(37-25-12-4-13-26-37)38-27-14-5-15-28-38)32-34-20-16-17-29-39(34)41(35-21-8-2-9-22-35)36-23-10-3-11-24-36/h1-3,6-11,16-24,29,37-38H,4-5,12-15,25-28,30-32H2. The van der Waals surface area contributed by atoms with Gasteiger partial charge in [-0.2, -0.15) is 0 Å². The Kier molecular flexibility index (Phi) is 10.9. The minimum absolute atomic E-state index is 0.180. The topological polar surface area (TPSA) is 3.24 Å². The smallest absolute Gasteiger partial charge is 0.0279 e. The van der Waals surface area contributed by atoms with Gasteiger partial charge < -0.3 is 0 Å². The number of rotatable bonds is 11. The Labute approximate surface area is 257 Å². The summed E-state index contributed by atoms with van der Waals surface area (Å²) in [5, 5.41) is 4.43. The lowest BCUT2D eigenvalue weighted by Gasteiger charge is -2.45. The number of benzene rings is 4. The lowest BCUT2D eigenvalue weighted by atomic mass is 10.00. The van der Waals surface area contributed by atoms with Crippen molar-refractivity contribution in [1.82, 2.24) is 4.67 Å². The minimum Gasteiger partial charge on any atom is -0.277 e. The van der Waals surface area contributed by atoms with E-state index >= 15 is 0 Å². The first kappa shape index (κ1) is 29.8. The fourth-order valence-electron chi connectivity index (χ4n) is 7.27. The number of hydrogen-bond acceptors (Lipinski definition) is 1. The van der Waals surface area contributed by atoms with Gasteiger partial charge in [0, 0.05) is 13.1 Å². The first-order valence-electron chi connectivity index (χ1n) is 16.4. The van der Waals surface area contributed by atoms with Gasteiger partial charge in [0.1, 0.15) is 0 Å². The van der Waals surface area contributed by atoms with Gasteiger partial charge in [0.05, 0.1) is 0 Å². The van der Waals surface area contributed by atoms with E-state index in [9.17, 15) is 0 Å². The van der Waals surface area contributed by atoms with Crippen molar-refractivity contribution in [3.05, 3.63) is 126 Å². The van der Waals surface area contributed by atoms with E-state index in [2.05, 4.69) is 120 Å². The molecule has 3 heteroatoms. The molecule has 0 bridgehead atoms. The molecule has 0 aliphatic heterocycles. The van der Waals surface area contributed by atoms with Crippen LogP contribution in [0.1, 0.15) is 75.3 Å². The average molecular weight is 592 g/mol. The molecule has 0 aromatic heterocycles. The Bertz CT molecular complexity index is 1270. The lowest BCUT2D eigenvalue weighted by Crippen LogP contribution is -2.34. The van der Waals surface area contributed by atoms with E-state index in [4.69, 9.17) is 0 Å². The van der Waals surface area contributed by atoms with Gasteiger partial charge in [-0.15, -0.1) is 0 Å². The van der Waals surface area contributed by atoms with Crippen LogP contribution in [0.15, 0.2) is 115 Å². The summed E-state index contributed by atoms with van der Waals surface area (Å²) in [5.74, 6) is 0. The van der Waals surface area contributed by atoms with Gasteiger partial charge in [-0.3, -0.25) is 4.67 Å². The predicted molar refractivity (Wildman–Crippen MR) is 186 cm³/mol. The fraction of sp³-hybridized carbons (Fsp3) is 0.385. The van der Waals surface area contributed by atoms with Crippen molar-refractivity contribution in [3.8, 4) is 0 Å². The molecule has 0 saturated heterocycles. The maximum Gasteiger partial charge on any atom is 0.0279 e. The second-order valence-electron chi connectivity index (χ2n) is 12.2. The Morgan fingerprint density at radius 3 is 1.55 bits per heavy atom. The molecule has 4 aromatic rings. The van der Waals surface area contributed by atoms with Crippen molar-refractivity contribution >= 4 is 31.9 Å². The third kappa shape index (κ3) is 7.61. The maximum absolute atomic E-state index is 3.05. The van der Waals surface area contributed by atoms with Crippen LogP contribution >= 0.6 is 16.0 Å². The van der Waals surface area contributed by atoms with Crippen LogP contribution in [0.5, 0.6) is 0 Å². The van der Waals surface area contributed by atoms with Crippen molar-refractivity contribution in [2.75, 3.05) is 6.54 Å². The summed E-state index contributed by atoms with van der Waals surface area (Å²) < 4.78 is 3.05. The van der Waals surface area contributed by atoms with E-state index < -0.39 is 7.92 Å². The maximum atomic E-state index is 3.05. The van der Waals surface area contributed by atoms with Gasteiger partial charge in [0.2, 0.25) is 0 Å². The summed E-state index contributed by atoms with van der Waals surface area (Å²) in [6.07, 6.45) is 15.6. The molecule has 0 N–H and O–H groups in total. The van der Waals surface area contributed by atoms with Crippen molar-refractivity contribution in [1.29, 1.82) is 0 Å². The van der Waals surface area contributed by atoms with Crippen LogP contribution in [0, 0.1) is 0 Å². The molecule has 0 amide bonds. The third-order valence-corrected chi connectivity index (χ3v) is 15.4. The highest BCUT2D eigenvalue weighted by Gasteiger charge is 2.36. The van der Waals surface area contributed by atoms with Crippen LogP contribution < -0.4 is 15.9 Å². The van der Waals surface area contributed by atoms with Gasteiger partial charge in [0.25, 0.3) is 0 Å². The molecule has 0 radical (unpaired) electrons. The first-order chi connectivity index (χ1) is 20.9. The van der Waals surface area contributed by atoms with E-state index in [0.717, 1.165) is 24.3 Å². The van der Waals surface area contributed by atoms with Crippen LogP contribution in [0.3, 0.4) is 0 Å². The third-order valence-electron chi connectivity index (χ3n) is 9.34. The van der Waals surface area contributed by atoms with Crippen LogP contribution in [0.25, 0.3) is 0 Å². The minimum atomic E-state index is -0.618. The molecule has 2 saturated carbocycles. The summed E-state index contributed by atoms with van der Waals surface area (Å²) in [7, 11) is -0.798. The molecule has 2 fully saturated rings. The number of nitrogens with zero attached hydrogens (tertiary/aromatic N) is 1. The molecule has 0 atom stereocenters. The molecule has 42 heavy (non-hydrogen) atoms. The van der Waals surface area contributed by atoms with Crippen LogP contribution in [-0.2, 0) is 13.0 Å². The molecular formula is C39H47NP2. The predicted octanol–water partition coefficient (Wildman–Crippen LogP) is 9.55. The highest BCUT2D eigenvalue weighted by molar-refractivity contribution is 7.79. The molecular weight excluding hydrogens is 544 g/mol. The summed E-state index contributed by atoms with van der Waals surface area (Å²) in [6.45, 7) is 2.26. The summed E-state index contributed by atoms with van der Waals surface area (Å²) in [6, 6.07) is 43.3. The number of hydrogen-bond donors (Lipinski definition) is 0. The van der Waals surface area contributed by atoms with Gasteiger partial charge in [-0.1, -0.05) is 154 Å². The fourth-order valence-corrected chi connectivity index (χ4v) is 13.7. The highest BCUT2D eigenvalue weighted by Crippen LogP contribution is 2.58. The van der Waals surface area contributed by atoms with E-state index in [-0.39, 0.29) is 8.07 Å². The second kappa shape index (κ2) is 15.4. The zero-order valence-corrected chi connectivity index (χ0v) is 26.9. The molecule has 0 heterocycles. The molecule has 1 nitrogen and oxygen atoms in total. The van der Waals surface area contributed by atoms with Crippen molar-refractivity contribution in [2.45, 2.75) is 88.5 Å². The van der Waals surface area contributed by atoms with E-state index in [1.165, 1.54) is 92.2 Å². The van der Waals surface area contributed by atoms with Crippen molar-refractivity contribution in [2.24, 2.45) is 0 Å². The van der Waals surface area contributed by atoms with Crippen LogP contribution in [0.4, 0.5) is 0 Å². The van der Waals surface area contributed by atoms with Gasteiger partial charge in [0.15, 0.2) is 0 Å². The van der Waals surface area contributed by atoms with Crippen LogP contribution in [0.2, 0.25) is 0 Å². The second-order valence-corrected chi connectivity index (χ2v) is 17.2. The summed E-state index contributed by atoms with van der Waals surface area (Å²) in [5.41, 5.74) is 4.84. The molecule has 2 aliphatic rings. The average Bonchev–Trinajstić information content (AvgIpc) is 3.07. The molecule has 2 aliphatic carbocycles. The summed E-state index contributed by atoms with van der Waals surface area (Å²) in [4.78, 5) is 0. The van der Waals surface area contributed by atoms with Crippen molar-refractivity contribution in [3.63, 3.8) is 0 Å². The zero-order chi connectivity index (χ0) is 28.4. The molecule has 0 unspecified atom stereocenters. The monoisotopic (exact) mass is 591 g/mol. The van der Waals surface area contributed by atoms with Gasteiger partial charge in [-0.25, -0.2) is 0 Å². The van der Waals surface area contributed by atoms with E-state index in [1.54, 1.807) is 5.56 Å². The molecule has 218 valence electrons.